The first-order chi connectivity index (χ1) is 3.41. The van der Waals surface area contributed by atoms with Crippen LogP contribution in [0.15, 0.2) is 20.4 Å². The Bertz CT molecular complexity index is 93.1. The van der Waals surface area contributed by atoms with Crippen molar-refractivity contribution in [3.8, 4) is 0 Å². The molecule has 4 heteroatoms. The fraction of sp³-hybridized carbons (Fsp3) is 0.333. The number of hydrogen-bond acceptors (Lipinski definition) is 2. The van der Waals surface area contributed by atoms with Crippen LogP contribution in [0.2, 0.25) is 0 Å². The molecule has 38 valence electrons. The third-order valence-corrected chi connectivity index (χ3v) is 0.274. The van der Waals surface area contributed by atoms with Crippen LogP contribution in [-0.2, 0) is 0 Å². The Morgan fingerprint density at radius 1 is 1.57 bits per heavy atom. The summed E-state index contributed by atoms with van der Waals surface area (Å²) < 4.78 is 0. The lowest BCUT2D eigenvalue weighted by atomic mass is 11.3. The van der Waals surface area contributed by atoms with Gasteiger partial charge < -0.3 is 0 Å². The minimum absolute atomic E-state index is 1.22. The average molecular weight is 98.1 g/mol. The molecule has 4 nitrogen and oxygen atoms in total. The largest absolute Gasteiger partial charge is 0.251 e. The standard InChI is InChI=1S/C3H6N4/c1-4-3-6-7-5-2/h3H,1H2,2H3/b6-3-,7-5-. The van der Waals surface area contributed by atoms with Crippen molar-refractivity contribution in [1.29, 1.82) is 0 Å². The maximum atomic E-state index is 3.31. The molecule has 0 aliphatic rings. The summed E-state index contributed by atoms with van der Waals surface area (Å²) >= 11 is 0. The van der Waals surface area contributed by atoms with Gasteiger partial charge >= 0.3 is 0 Å². The van der Waals surface area contributed by atoms with E-state index in [0.29, 0.717) is 0 Å². The average Bonchev–Trinajstić information content (AvgIpc) is 1.69. The highest BCUT2D eigenvalue weighted by Crippen LogP contribution is 1.67. The van der Waals surface area contributed by atoms with E-state index in [1.54, 1.807) is 0 Å². The van der Waals surface area contributed by atoms with Crippen LogP contribution in [-0.4, -0.2) is 20.1 Å². The molecule has 0 N–H and O–H groups in total. The molecular formula is C3H6N4. The molecule has 0 atom stereocenters. The lowest BCUT2D eigenvalue weighted by Crippen LogP contribution is -1.56. The summed E-state index contributed by atoms with van der Waals surface area (Å²) in [5.74, 6) is 0. The summed E-state index contributed by atoms with van der Waals surface area (Å²) in [5, 5.41) is 9.85. The molecule has 0 aliphatic heterocycles. The van der Waals surface area contributed by atoms with Crippen molar-refractivity contribution in [2.45, 2.75) is 0 Å². The fourth-order valence-corrected chi connectivity index (χ4v) is 0.111. The number of aliphatic imine (C=N–C) groups is 1. The normalized spacial score (nSPS) is 11.0. The van der Waals surface area contributed by atoms with Gasteiger partial charge in [0.15, 0.2) is 0 Å². The van der Waals surface area contributed by atoms with Gasteiger partial charge in [0.25, 0.3) is 0 Å². The first-order valence-electron chi connectivity index (χ1n) is 1.68. The predicted octanol–water partition coefficient (Wildman–Crippen LogP) is 0.712. The minimum Gasteiger partial charge on any atom is -0.251 e. The molecule has 0 saturated heterocycles. The highest BCUT2D eigenvalue weighted by molar-refractivity contribution is 5.61. The van der Waals surface area contributed by atoms with E-state index in [4.69, 9.17) is 0 Å². The van der Waals surface area contributed by atoms with E-state index in [0.717, 1.165) is 0 Å². The predicted molar refractivity (Wildman–Crippen MR) is 28.8 cm³/mol. The van der Waals surface area contributed by atoms with Gasteiger partial charge in [-0.3, -0.25) is 4.99 Å². The van der Waals surface area contributed by atoms with Crippen molar-refractivity contribution in [1.82, 2.24) is 0 Å². The summed E-state index contributed by atoms with van der Waals surface area (Å²) in [6.45, 7) is 3.13. The Labute approximate surface area is 41.7 Å². The molecule has 0 radical (unpaired) electrons. The van der Waals surface area contributed by atoms with Crippen LogP contribution in [0.3, 0.4) is 0 Å². The summed E-state index contributed by atoms with van der Waals surface area (Å²) in [7, 11) is 1.53. The van der Waals surface area contributed by atoms with E-state index in [9.17, 15) is 0 Å². The second-order valence-corrected chi connectivity index (χ2v) is 0.703. The lowest BCUT2D eigenvalue weighted by molar-refractivity contribution is 1.02. The Kier molecular flexibility index (Phi) is 4.19. The molecule has 0 rings (SSSR count). The third kappa shape index (κ3) is 4.94. The van der Waals surface area contributed by atoms with Gasteiger partial charge in [-0.2, -0.15) is 5.11 Å². The first kappa shape index (κ1) is 5.94. The Morgan fingerprint density at radius 2 is 2.29 bits per heavy atom. The third-order valence-electron chi connectivity index (χ3n) is 0.274. The van der Waals surface area contributed by atoms with Crippen LogP contribution in [0, 0.1) is 0 Å². The van der Waals surface area contributed by atoms with E-state index >= 15 is 0 Å². The first-order valence-corrected chi connectivity index (χ1v) is 1.68. The van der Waals surface area contributed by atoms with Crippen molar-refractivity contribution >= 4 is 13.1 Å². The molecular weight excluding hydrogens is 92.1 g/mol. The van der Waals surface area contributed by atoms with Crippen molar-refractivity contribution in [2.24, 2.45) is 20.4 Å². The van der Waals surface area contributed by atoms with E-state index in [2.05, 4.69) is 27.1 Å². The van der Waals surface area contributed by atoms with Crippen LogP contribution < -0.4 is 0 Å². The summed E-state index contributed by atoms with van der Waals surface area (Å²) in [5.41, 5.74) is 0. The Balaban J connectivity index is 3.27. The molecule has 0 unspecified atom stereocenters. The molecule has 0 aliphatic carbocycles. The number of hydrogen-bond donors (Lipinski definition) is 0. The van der Waals surface area contributed by atoms with E-state index in [1.807, 2.05) is 0 Å². The second-order valence-electron chi connectivity index (χ2n) is 0.703. The SMILES string of the molecule is C=N/C=N\N=N/C. The maximum Gasteiger partial charge on any atom is 0.139 e. The van der Waals surface area contributed by atoms with Crippen molar-refractivity contribution in [3.63, 3.8) is 0 Å². The van der Waals surface area contributed by atoms with Gasteiger partial charge in [0.1, 0.15) is 6.34 Å². The van der Waals surface area contributed by atoms with E-state index in [-0.39, 0.29) is 0 Å². The second kappa shape index (κ2) is 4.94. The summed E-state index contributed by atoms with van der Waals surface area (Å²) in [6, 6.07) is 0. The fourth-order valence-electron chi connectivity index (χ4n) is 0.111. The zero-order chi connectivity index (χ0) is 5.54. The molecule has 0 spiro atoms. The molecule has 0 bridgehead atoms. The zero-order valence-electron chi connectivity index (χ0n) is 4.07. The van der Waals surface area contributed by atoms with Crippen molar-refractivity contribution in [3.05, 3.63) is 0 Å². The molecule has 0 fully saturated rings. The van der Waals surface area contributed by atoms with Crippen molar-refractivity contribution in [2.75, 3.05) is 7.05 Å². The maximum absolute atomic E-state index is 3.31. The van der Waals surface area contributed by atoms with Crippen LogP contribution in [0.25, 0.3) is 0 Å². The lowest BCUT2D eigenvalue weighted by Gasteiger charge is -1.65. The molecule has 7 heavy (non-hydrogen) atoms. The highest BCUT2D eigenvalue weighted by atomic mass is 15.4. The monoisotopic (exact) mass is 98.1 g/mol. The molecule has 0 aromatic rings. The van der Waals surface area contributed by atoms with Gasteiger partial charge in [-0.15, -0.1) is 5.10 Å². The van der Waals surface area contributed by atoms with Gasteiger partial charge in [-0.05, 0) is 11.9 Å². The van der Waals surface area contributed by atoms with Crippen LogP contribution in [0.5, 0.6) is 0 Å². The van der Waals surface area contributed by atoms with Crippen LogP contribution >= 0.6 is 0 Å². The molecule has 0 saturated carbocycles. The highest BCUT2D eigenvalue weighted by Gasteiger charge is 1.53. The molecule has 0 amide bonds. The van der Waals surface area contributed by atoms with Crippen LogP contribution in [0.1, 0.15) is 0 Å². The zero-order valence-corrected chi connectivity index (χ0v) is 4.07. The number of nitrogens with zero attached hydrogens (tertiary/aromatic N) is 4. The smallest absolute Gasteiger partial charge is 0.139 e. The Hall–Kier alpha value is -1.06. The topological polar surface area (TPSA) is 49.4 Å². The Morgan fingerprint density at radius 3 is 2.71 bits per heavy atom. The number of rotatable bonds is 2. The summed E-state index contributed by atoms with van der Waals surface area (Å²) in [6.07, 6.45) is 1.22. The quantitative estimate of drug-likeness (QED) is 0.211. The summed E-state index contributed by atoms with van der Waals surface area (Å²) in [4.78, 5) is 3.28. The van der Waals surface area contributed by atoms with Gasteiger partial charge in [0.2, 0.25) is 0 Å². The van der Waals surface area contributed by atoms with Gasteiger partial charge in [0, 0.05) is 0 Å². The minimum atomic E-state index is 1.22. The van der Waals surface area contributed by atoms with E-state index in [1.165, 1.54) is 13.4 Å². The van der Waals surface area contributed by atoms with Gasteiger partial charge in [0.05, 0.1) is 7.05 Å². The van der Waals surface area contributed by atoms with Gasteiger partial charge in [-0.25, -0.2) is 0 Å². The van der Waals surface area contributed by atoms with Crippen molar-refractivity contribution < 1.29 is 0 Å². The molecule has 0 aromatic carbocycles. The van der Waals surface area contributed by atoms with E-state index < -0.39 is 0 Å². The molecule has 0 aromatic heterocycles. The van der Waals surface area contributed by atoms with Crippen LogP contribution in [0.4, 0.5) is 0 Å². The molecule has 0 heterocycles. The van der Waals surface area contributed by atoms with Gasteiger partial charge in [-0.1, -0.05) is 0 Å².